The average molecular weight is 353 g/mol. The Bertz CT molecular complexity index is 847. The van der Waals surface area contributed by atoms with Crippen LogP contribution in [-0.4, -0.2) is 52.7 Å². The number of aliphatic imine (C=N–C) groups is 1. The van der Waals surface area contributed by atoms with Gasteiger partial charge in [0.05, 0.1) is 6.54 Å². The van der Waals surface area contributed by atoms with Gasteiger partial charge < -0.3 is 4.74 Å². The van der Waals surface area contributed by atoms with Gasteiger partial charge in [0.25, 0.3) is 6.02 Å². The summed E-state index contributed by atoms with van der Waals surface area (Å²) in [5.74, 6) is 0.752. The minimum Gasteiger partial charge on any atom is -0.455 e. The van der Waals surface area contributed by atoms with Crippen molar-refractivity contribution in [3.63, 3.8) is 0 Å². The molecule has 4 aliphatic heterocycles. The Morgan fingerprint density at radius 1 is 1.15 bits per heavy atom. The molecule has 6 nitrogen and oxygen atoms in total. The summed E-state index contributed by atoms with van der Waals surface area (Å²) >= 11 is 0. The lowest BCUT2D eigenvalue weighted by atomic mass is 9.75. The third-order valence-corrected chi connectivity index (χ3v) is 5.67. The third-order valence-electron chi connectivity index (χ3n) is 5.67. The molecule has 0 radical (unpaired) electrons. The minimum absolute atomic E-state index is 0.169. The summed E-state index contributed by atoms with van der Waals surface area (Å²) in [6.45, 7) is 4.01. The summed E-state index contributed by atoms with van der Waals surface area (Å²) in [4.78, 5) is 15.1. The molecule has 2 bridgehead atoms. The highest BCUT2D eigenvalue weighted by Crippen LogP contribution is 2.40. The Labute approximate surface area is 151 Å². The number of anilines is 1. The van der Waals surface area contributed by atoms with Crippen LogP contribution in [0.4, 0.5) is 10.2 Å². The van der Waals surface area contributed by atoms with Crippen LogP contribution in [0.1, 0.15) is 12.8 Å². The number of pyridine rings is 2. The smallest absolute Gasteiger partial charge is 0.291 e. The van der Waals surface area contributed by atoms with Crippen LogP contribution in [0.5, 0.6) is 0 Å². The van der Waals surface area contributed by atoms with Gasteiger partial charge in [-0.2, -0.15) is 4.39 Å². The first-order valence-corrected chi connectivity index (χ1v) is 9.01. The van der Waals surface area contributed by atoms with E-state index in [0.717, 1.165) is 17.7 Å². The summed E-state index contributed by atoms with van der Waals surface area (Å²) < 4.78 is 19.3. The van der Waals surface area contributed by atoms with E-state index in [0.29, 0.717) is 24.3 Å². The van der Waals surface area contributed by atoms with Crippen LogP contribution >= 0.6 is 0 Å². The number of piperidine rings is 3. The lowest BCUT2D eigenvalue weighted by molar-refractivity contribution is -0.0829. The van der Waals surface area contributed by atoms with E-state index in [2.05, 4.69) is 25.2 Å². The van der Waals surface area contributed by atoms with E-state index in [-0.39, 0.29) is 5.60 Å². The van der Waals surface area contributed by atoms with Crippen LogP contribution in [0.15, 0.2) is 41.7 Å². The van der Waals surface area contributed by atoms with E-state index in [9.17, 15) is 4.39 Å². The predicted octanol–water partition coefficient (Wildman–Crippen LogP) is 2.55. The molecule has 0 saturated carbocycles. The van der Waals surface area contributed by atoms with Crippen LogP contribution in [0.25, 0.3) is 11.1 Å². The molecule has 134 valence electrons. The Hall–Kier alpha value is -2.54. The number of nitrogens with zero attached hydrogens (tertiary/aromatic N) is 4. The highest BCUT2D eigenvalue weighted by atomic mass is 19.1. The lowest BCUT2D eigenvalue weighted by Crippen LogP contribution is -2.61. The summed E-state index contributed by atoms with van der Waals surface area (Å²) in [5, 5.41) is 3.20. The Balaban J connectivity index is 1.31. The summed E-state index contributed by atoms with van der Waals surface area (Å²) in [6.07, 6.45) is 5.60. The standard InChI is InChI=1S/C19H20FN5O/c20-16-2-1-14(10-22-16)13-3-6-21-17(9-13)24-18-23-11-19(26-18)12-25-7-4-15(19)5-8-25/h1-3,6,9-10,15H,4-5,7-8,11-12H2,(H,21,23,24)/t19-/m1/s1. The monoisotopic (exact) mass is 353 g/mol. The normalized spacial score (nSPS) is 29.5. The zero-order valence-electron chi connectivity index (χ0n) is 14.4. The molecule has 1 N–H and O–H groups in total. The average Bonchev–Trinajstić information content (AvgIpc) is 3.05. The van der Waals surface area contributed by atoms with E-state index in [1.54, 1.807) is 12.3 Å². The second kappa shape index (κ2) is 6.02. The molecule has 1 atom stereocenters. The van der Waals surface area contributed by atoms with Crippen molar-refractivity contribution in [2.75, 3.05) is 31.5 Å². The van der Waals surface area contributed by atoms with Crippen molar-refractivity contribution in [1.29, 1.82) is 0 Å². The summed E-state index contributed by atoms with van der Waals surface area (Å²) in [6, 6.07) is 7.35. The van der Waals surface area contributed by atoms with Gasteiger partial charge in [0.15, 0.2) is 0 Å². The molecule has 0 amide bonds. The van der Waals surface area contributed by atoms with Crippen LogP contribution in [-0.2, 0) is 4.74 Å². The number of hydrogen-bond donors (Lipinski definition) is 1. The largest absolute Gasteiger partial charge is 0.455 e. The van der Waals surface area contributed by atoms with Crippen LogP contribution in [0, 0.1) is 11.9 Å². The quantitative estimate of drug-likeness (QED) is 0.841. The molecule has 0 aromatic carbocycles. The molecule has 26 heavy (non-hydrogen) atoms. The highest BCUT2D eigenvalue weighted by molar-refractivity contribution is 5.90. The number of aromatic nitrogens is 2. The van der Waals surface area contributed by atoms with Gasteiger partial charge in [-0.05, 0) is 55.8 Å². The first kappa shape index (κ1) is 15.7. The number of halogens is 1. The second-order valence-electron chi connectivity index (χ2n) is 7.26. The SMILES string of the molecule is Fc1ccc(-c2ccnc(NC3=NC[C@]4(CN5CCC4CC5)O3)c2)cn1. The molecule has 6 rings (SSSR count). The molecule has 0 unspecified atom stereocenters. The zero-order valence-corrected chi connectivity index (χ0v) is 14.4. The third kappa shape index (κ3) is 2.72. The zero-order chi connectivity index (χ0) is 17.6. The second-order valence-corrected chi connectivity index (χ2v) is 7.26. The molecule has 1 spiro atoms. The van der Waals surface area contributed by atoms with Crippen molar-refractivity contribution >= 4 is 11.8 Å². The fourth-order valence-corrected chi connectivity index (χ4v) is 4.28. The number of rotatable bonds is 2. The molecular weight excluding hydrogens is 333 g/mol. The maximum absolute atomic E-state index is 13.0. The predicted molar refractivity (Wildman–Crippen MR) is 96.3 cm³/mol. The molecular formula is C19H20FN5O. The number of ether oxygens (including phenoxy) is 1. The minimum atomic E-state index is -0.488. The van der Waals surface area contributed by atoms with Crippen molar-refractivity contribution < 1.29 is 9.13 Å². The van der Waals surface area contributed by atoms with Crippen LogP contribution in [0.3, 0.4) is 0 Å². The number of amidine groups is 1. The topological polar surface area (TPSA) is 62.6 Å². The van der Waals surface area contributed by atoms with Crippen LogP contribution in [0.2, 0.25) is 0 Å². The molecule has 2 aromatic heterocycles. The molecule has 7 heteroatoms. The van der Waals surface area contributed by atoms with E-state index < -0.39 is 5.95 Å². The highest BCUT2D eigenvalue weighted by Gasteiger charge is 2.51. The molecule has 3 saturated heterocycles. The fraction of sp³-hybridized carbons (Fsp3) is 0.421. The Morgan fingerprint density at radius 3 is 2.77 bits per heavy atom. The van der Waals surface area contributed by atoms with Gasteiger partial charge in [-0.25, -0.2) is 15.0 Å². The van der Waals surface area contributed by atoms with Gasteiger partial charge in [0.2, 0.25) is 5.95 Å². The number of nitrogens with one attached hydrogen (secondary N) is 1. The van der Waals surface area contributed by atoms with Gasteiger partial charge >= 0.3 is 0 Å². The first-order chi connectivity index (χ1) is 12.7. The van der Waals surface area contributed by atoms with Gasteiger partial charge in [-0.3, -0.25) is 10.2 Å². The number of fused-ring (bicyclic) bond motifs is 2. The van der Waals surface area contributed by atoms with Crippen molar-refractivity contribution in [1.82, 2.24) is 14.9 Å². The maximum Gasteiger partial charge on any atom is 0.291 e. The molecule has 3 fully saturated rings. The Morgan fingerprint density at radius 2 is 2.04 bits per heavy atom. The van der Waals surface area contributed by atoms with Crippen molar-refractivity contribution in [2.45, 2.75) is 18.4 Å². The first-order valence-electron chi connectivity index (χ1n) is 9.01. The number of hydrogen-bond acceptors (Lipinski definition) is 6. The van der Waals surface area contributed by atoms with Gasteiger partial charge in [0, 0.05) is 30.4 Å². The van der Waals surface area contributed by atoms with Crippen LogP contribution < -0.4 is 5.32 Å². The van der Waals surface area contributed by atoms with E-state index in [1.807, 2.05) is 12.1 Å². The molecule has 2 aromatic rings. The molecule has 4 aliphatic rings. The van der Waals surface area contributed by atoms with E-state index in [4.69, 9.17) is 4.74 Å². The maximum atomic E-state index is 13.0. The molecule has 0 aliphatic carbocycles. The van der Waals surface area contributed by atoms with E-state index in [1.165, 1.54) is 38.2 Å². The molecule has 6 heterocycles. The van der Waals surface area contributed by atoms with Gasteiger partial charge in [0.1, 0.15) is 11.4 Å². The van der Waals surface area contributed by atoms with Gasteiger partial charge in [-0.1, -0.05) is 0 Å². The van der Waals surface area contributed by atoms with Gasteiger partial charge in [-0.15, -0.1) is 0 Å². The Kier molecular flexibility index (Phi) is 3.63. The van der Waals surface area contributed by atoms with Crippen molar-refractivity contribution in [3.8, 4) is 11.1 Å². The summed E-state index contributed by atoms with van der Waals surface area (Å²) in [7, 11) is 0. The van der Waals surface area contributed by atoms with Crippen molar-refractivity contribution in [3.05, 3.63) is 42.6 Å². The fourth-order valence-electron chi connectivity index (χ4n) is 4.28. The lowest BCUT2D eigenvalue weighted by Gasteiger charge is -2.50. The van der Waals surface area contributed by atoms with E-state index >= 15 is 0 Å². The summed E-state index contributed by atoms with van der Waals surface area (Å²) in [5.41, 5.74) is 1.57. The van der Waals surface area contributed by atoms with Crippen molar-refractivity contribution in [2.24, 2.45) is 10.9 Å².